The van der Waals surface area contributed by atoms with E-state index in [1.165, 1.54) is 6.92 Å². The highest BCUT2D eigenvalue weighted by atomic mass is 19.4. The Morgan fingerprint density at radius 1 is 0.783 bits per heavy atom. The van der Waals surface area contributed by atoms with E-state index in [1.807, 2.05) is 0 Å². The third-order valence-electron chi connectivity index (χ3n) is 2.55. The van der Waals surface area contributed by atoms with Crippen molar-refractivity contribution < 1.29 is 57.8 Å². The quantitative estimate of drug-likeness (QED) is 0.490. The van der Waals surface area contributed by atoms with Crippen molar-refractivity contribution in [3.63, 3.8) is 0 Å². The van der Waals surface area contributed by atoms with Crippen LogP contribution in [-0.2, 0) is 9.53 Å². The molecule has 0 heterocycles. The monoisotopic (exact) mass is 370 g/mol. The molecular formula is C10H9F11O2. The molecule has 0 saturated heterocycles. The minimum absolute atomic E-state index is 0.386. The standard InChI is InChI=1S/C10H9F11O2/c1-2-23-5(22)3-4-6(11,12)7(13,14)8(15,16)9(17,18)10(19,20)21/h2-4H2,1H3. The zero-order valence-corrected chi connectivity index (χ0v) is 11.1. The summed E-state index contributed by atoms with van der Waals surface area (Å²) in [7, 11) is 0. The molecule has 0 fully saturated rings. The number of esters is 1. The molecule has 0 unspecified atom stereocenters. The van der Waals surface area contributed by atoms with Crippen molar-refractivity contribution >= 4 is 5.97 Å². The first kappa shape index (κ1) is 21.7. The van der Waals surface area contributed by atoms with Crippen LogP contribution in [-0.4, -0.2) is 42.4 Å². The second kappa shape index (κ2) is 6.30. The van der Waals surface area contributed by atoms with E-state index in [4.69, 9.17) is 0 Å². The zero-order valence-electron chi connectivity index (χ0n) is 11.1. The highest BCUT2D eigenvalue weighted by Gasteiger charge is 2.86. The van der Waals surface area contributed by atoms with E-state index in [0.29, 0.717) is 0 Å². The molecule has 13 heteroatoms. The van der Waals surface area contributed by atoms with E-state index in [1.54, 1.807) is 0 Å². The van der Waals surface area contributed by atoms with Gasteiger partial charge in [0, 0.05) is 6.42 Å². The van der Waals surface area contributed by atoms with Crippen LogP contribution < -0.4 is 0 Å². The van der Waals surface area contributed by atoms with E-state index < -0.39 is 48.7 Å². The Labute approximate surface area is 121 Å². The SMILES string of the molecule is CCOC(=O)CCC(F)(F)C(F)(F)C(F)(F)C(F)(F)C(F)(F)F. The van der Waals surface area contributed by atoms with Crippen LogP contribution in [0.2, 0.25) is 0 Å². The highest BCUT2D eigenvalue weighted by Crippen LogP contribution is 2.58. The molecule has 0 saturated carbocycles. The Morgan fingerprint density at radius 2 is 1.22 bits per heavy atom. The number of alkyl halides is 11. The first-order valence-electron chi connectivity index (χ1n) is 5.69. The Hall–Kier alpha value is -1.30. The Morgan fingerprint density at radius 3 is 1.57 bits per heavy atom. The normalized spacial score (nSPS) is 14.8. The molecule has 0 aliphatic carbocycles. The van der Waals surface area contributed by atoms with Crippen molar-refractivity contribution in [2.75, 3.05) is 6.61 Å². The van der Waals surface area contributed by atoms with E-state index in [9.17, 15) is 53.1 Å². The van der Waals surface area contributed by atoms with Crippen LogP contribution in [0.25, 0.3) is 0 Å². The Balaban J connectivity index is 5.54. The molecule has 0 aromatic rings. The van der Waals surface area contributed by atoms with Gasteiger partial charge in [-0.3, -0.25) is 4.79 Å². The zero-order chi connectivity index (χ0) is 18.9. The summed E-state index contributed by atoms with van der Waals surface area (Å²) >= 11 is 0. The van der Waals surface area contributed by atoms with Crippen LogP contribution in [0.3, 0.4) is 0 Å². The van der Waals surface area contributed by atoms with Gasteiger partial charge in [-0.1, -0.05) is 0 Å². The number of carbonyl (C=O) groups excluding carboxylic acids is 1. The lowest BCUT2D eigenvalue weighted by molar-refractivity contribution is -0.422. The van der Waals surface area contributed by atoms with Crippen LogP contribution in [0.15, 0.2) is 0 Å². The topological polar surface area (TPSA) is 26.3 Å². The molecule has 0 atom stereocenters. The predicted molar refractivity (Wildman–Crippen MR) is 51.7 cm³/mol. The fourth-order valence-corrected chi connectivity index (χ4v) is 1.25. The second-order valence-electron chi connectivity index (χ2n) is 4.23. The minimum Gasteiger partial charge on any atom is -0.466 e. The molecule has 0 N–H and O–H groups in total. The Bertz CT molecular complexity index is 427. The van der Waals surface area contributed by atoms with Gasteiger partial charge in [-0.2, -0.15) is 48.3 Å². The van der Waals surface area contributed by atoms with E-state index in [0.717, 1.165) is 0 Å². The van der Waals surface area contributed by atoms with Crippen molar-refractivity contribution in [2.45, 2.75) is 49.6 Å². The molecule has 0 radical (unpaired) electrons. The van der Waals surface area contributed by atoms with Crippen LogP contribution in [0.1, 0.15) is 19.8 Å². The number of hydrogen-bond donors (Lipinski definition) is 0. The lowest BCUT2D eigenvalue weighted by atomic mass is 9.95. The van der Waals surface area contributed by atoms with Gasteiger partial charge in [0.25, 0.3) is 0 Å². The number of carbonyl (C=O) groups is 1. The van der Waals surface area contributed by atoms with Gasteiger partial charge in [0.15, 0.2) is 0 Å². The summed E-state index contributed by atoms with van der Waals surface area (Å²) in [5, 5.41) is 0. The molecule has 138 valence electrons. The molecule has 0 amide bonds. The van der Waals surface area contributed by atoms with Crippen LogP contribution in [0.4, 0.5) is 48.3 Å². The fourth-order valence-electron chi connectivity index (χ4n) is 1.25. The van der Waals surface area contributed by atoms with Crippen molar-refractivity contribution in [1.82, 2.24) is 0 Å². The molecular weight excluding hydrogens is 361 g/mol. The largest absolute Gasteiger partial charge is 0.466 e. The number of ether oxygens (including phenoxy) is 1. The molecule has 0 aliphatic rings. The van der Waals surface area contributed by atoms with Crippen molar-refractivity contribution in [1.29, 1.82) is 0 Å². The molecule has 2 nitrogen and oxygen atoms in total. The van der Waals surface area contributed by atoms with Crippen LogP contribution in [0, 0.1) is 0 Å². The second-order valence-corrected chi connectivity index (χ2v) is 4.23. The first-order chi connectivity index (χ1) is 9.95. The fraction of sp³-hybridized carbons (Fsp3) is 0.900. The van der Waals surface area contributed by atoms with Gasteiger partial charge in [0.05, 0.1) is 13.0 Å². The molecule has 0 aromatic carbocycles. The number of rotatable bonds is 7. The molecule has 0 aliphatic heterocycles. The molecule has 0 spiro atoms. The van der Waals surface area contributed by atoms with E-state index in [2.05, 4.69) is 4.74 Å². The summed E-state index contributed by atoms with van der Waals surface area (Å²) in [6.07, 6.45) is -11.2. The third-order valence-corrected chi connectivity index (χ3v) is 2.55. The van der Waals surface area contributed by atoms with Crippen molar-refractivity contribution in [3.05, 3.63) is 0 Å². The number of hydrogen-bond acceptors (Lipinski definition) is 2. The summed E-state index contributed by atoms with van der Waals surface area (Å²) in [5.41, 5.74) is 0. The third kappa shape index (κ3) is 3.79. The van der Waals surface area contributed by atoms with Gasteiger partial charge < -0.3 is 4.74 Å². The Kier molecular flexibility index (Phi) is 5.95. The summed E-state index contributed by atoms with van der Waals surface area (Å²) in [6.45, 7) is 0.797. The van der Waals surface area contributed by atoms with Crippen LogP contribution in [0.5, 0.6) is 0 Å². The van der Waals surface area contributed by atoms with Crippen LogP contribution >= 0.6 is 0 Å². The van der Waals surface area contributed by atoms with Gasteiger partial charge in [-0.15, -0.1) is 0 Å². The summed E-state index contributed by atoms with van der Waals surface area (Å²) in [6, 6.07) is 0. The molecule has 23 heavy (non-hydrogen) atoms. The molecule has 0 aromatic heterocycles. The predicted octanol–water partition coefficient (Wildman–Crippen LogP) is 4.43. The summed E-state index contributed by atoms with van der Waals surface area (Å²) in [5.74, 6) is -29.5. The van der Waals surface area contributed by atoms with Gasteiger partial charge in [-0.05, 0) is 6.92 Å². The summed E-state index contributed by atoms with van der Waals surface area (Å²) < 4.78 is 142. The van der Waals surface area contributed by atoms with E-state index in [-0.39, 0.29) is 6.61 Å². The number of halogens is 11. The lowest BCUT2D eigenvalue weighted by Gasteiger charge is -2.37. The smallest absolute Gasteiger partial charge is 0.460 e. The van der Waals surface area contributed by atoms with Gasteiger partial charge in [-0.25, -0.2) is 0 Å². The van der Waals surface area contributed by atoms with Gasteiger partial charge >= 0.3 is 35.8 Å². The maximum atomic E-state index is 13.1. The van der Waals surface area contributed by atoms with Gasteiger partial charge in [0.1, 0.15) is 0 Å². The van der Waals surface area contributed by atoms with Gasteiger partial charge in [0.2, 0.25) is 0 Å². The van der Waals surface area contributed by atoms with Crippen molar-refractivity contribution in [2.24, 2.45) is 0 Å². The maximum Gasteiger partial charge on any atom is 0.460 e. The highest BCUT2D eigenvalue weighted by molar-refractivity contribution is 5.69. The van der Waals surface area contributed by atoms with Crippen molar-refractivity contribution in [3.8, 4) is 0 Å². The maximum absolute atomic E-state index is 13.1. The lowest BCUT2D eigenvalue weighted by Crippen LogP contribution is -2.66. The molecule has 0 rings (SSSR count). The average molecular weight is 370 g/mol. The minimum atomic E-state index is -7.45. The van der Waals surface area contributed by atoms with E-state index >= 15 is 0 Å². The first-order valence-corrected chi connectivity index (χ1v) is 5.69. The average Bonchev–Trinajstić information content (AvgIpc) is 2.34. The molecule has 0 bridgehead atoms. The summed E-state index contributed by atoms with van der Waals surface area (Å²) in [4.78, 5) is 10.7.